The summed E-state index contributed by atoms with van der Waals surface area (Å²) in [5.74, 6) is -0.198. The molecule has 4 aromatic rings. The van der Waals surface area contributed by atoms with E-state index in [9.17, 15) is 19.7 Å². The quantitative estimate of drug-likeness (QED) is 0.257. The standard InChI is InChI=1S/C27H22Cl2N4O4/c28-21-11-10-19(16-22(21)29)26(34)31-14-12-30(13-15-31)24-20-8-4-5-9-23(20)32(27(35)25(24)33(36)37)17-18-6-2-1-3-7-18/h1-11,16H,12-15,17H2. The van der Waals surface area contributed by atoms with Crippen molar-refractivity contribution < 1.29 is 9.72 Å². The van der Waals surface area contributed by atoms with Crippen LogP contribution < -0.4 is 10.5 Å². The zero-order valence-corrected chi connectivity index (χ0v) is 21.2. The van der Waals surface area contributed by atoms with E-state index in [1.165, 1.54) is 10.6 Å². The number of nitro groups is 1. The highest BCUT2D eigenvalue weighted by Gasteiger charge is 2.32. The number of halogens is 2. The number of fused-ring (bicyclic) bond motifs is 1. The first-order chi connectivity index (χ1) is 17.8. The van der Waals surface area contributed by atoms with Crippen LogP contribution in [-0.4, -0.2) is 46.5 Å². The van der Waals surface area contributed by atoms with Crippen LogP contribution >= 0.6 is 23.2 Å². The molecule has 1 aliphatic heterocycles. The molecule has 5 rings (SSSR count). The summed E-state index contributed by atoms with van der Waals surface area (Å²) in [6.07, 6.45) is 0. The number of piperazine rings is 1. The molecule has 1 saturated heterocycles. The number of carbonyl (C=O) groups is 1. The van der Waals surface area contributed by atoms with Gasteiger partial charge >= 0.3 is 11.2 Å². The molecule has 2 heterocycles. The first-order valence-corrected chi connectivity index (χ1v) is 12.4. The molecule has 1 aliphatic rings. The van der Waals surface area contributed by atoms with E-state index >= 15 is 0 Å². The van der Waals surface area contributed by atoms with E-state index < -0.39 is 16.2 Å². The van der Waals surface area contributed by atoms with Crippen molar-refractivity contribution in [1.82, 2.24) is 9.47 Å². The molecule has 3 aromatic carbocycles. The van der Waals surface area contributed by atoms with Crippen molar-refractivity contribution in [3.8, 4) is 0 Å². The summed E-state index contributed by atoms with van der Waals surface area (Å²) in [4.78, 5) is 41.7. The summed E-state index contributed by atoms with van der Waals surface area (Å²) in [5.41, 5.74) is 1.08. The molecular formula is C27H22Cl2N4O4. The lowest BCUT2D eigenvalue weighted by molar-refractivity contribution is -0.385. The van der Waals surface area contributed by atoms with E-state index in [0.29, 0.717) is 52.7 Å². The summed E-state index contributed by atoms with van der Waals surface area (Å²) in [6.45, 7) is 1.54. The lowest BCUT2D eigenvalue weighted by atomic mass is 10.1. The van der Waals surface area contributed by atoms with Crippen LogP contribution in [0.3, 0.4) is 0 Å². The summed E-state index contributed by atoms with van der Waals surface area (Å²) in [7, 11) is 0. The van der Waals surface area contributed by atoms with Crippen molar-refractivity contribution in [1.29, 1.82) is 0 Å². The lowest BCUT2D eigenvalue weighted by Crippen LogP contribution is -2.49. The number of amides is 1. The van der Waals surface area contributed by atoms with E-state index in [4.69, 9.17) is 23.2 Å². The fraction of sp³-hybridized carbons (Fsp3) is 0.185. The molecule has 37 heavy (non-hydrogen) atoms. The molecular weight excluding hydrogens is 515 g/mol. The minimum atomic E-state index is -0.656. The maximum absolute atomic E-state index is 13.5. The van der Waals surface area contributed by atoms with Crippen molar-refractivity contribution in [3.05, 3.63) is 114 Å². The van der Waals surface area contributed by atoms with Gasteiger partial charge in [-0.05, 0) is 29.8 Å². The molecule has 1 amide bonds. The van der Waals surface area contributed by atoms with Crippen LogP contribution in [0.5, 0.6) is 0 Å². The number of aromatic nitrogens is 1. The number of carbonyl (C=O) groups excluding carboxylic acids is 1. The van der Waals surface area contributed by atoms with E-state index in [2.05, 4.69) is 0 Å². The fourth-order valence-corrected chi connectivity index (χ4v) is 5.03. The third-order valence-corrected chi connectivity index (χ3v) is 7.28. The van der Waals surface area contributed by atoms with E-state index in [1.54, 1.807) is 35.2 Å². The van der Waals surface area contributed by atoms with E-state index in [-0.39, 0.29) is 18.1 Å². The average Bonchev–Trinajstić information content (AvgIpc) is 2.91. The van der Waals surface area contributed by atoms with Gasteiger partial charge in [-0.15, -0.1) is 0 Å². The molecule has 188 valence electrons. The van der Waals surface area contributed by atoms with Gasteiger partial charge in [-0.1, -0.05) is 71.7 Å². The van der Waals surface area contributed by atoms with Crippen molar-refractivity contribution in [2.75, 3.05) is 31.1 Å². The van der Waals surface area contributed by atoms with Gasteiger partial charge in [0, 0.05) is 37.1 Å². The molecule has 0 atom stereocenters. The number of para-hydroxylation sites is 1. The Hall–Kier alpha value is -3.88. The summed E-state index contributed by atoms with van der Waals surface area (Å²) < 4.78 is 1.45. The number of anilines is 1. The SMILES string of the molecule is O=C(c1ccc(Cl)c(Cl)c1)N1CCN(c2c([N+](=O)[O-])c(=O)n(Cc3ccccc3)c3ccccc23)CC1. The largest absolute Gasteiger partial charge is 0.362 e. The van der Waals surface area contributed by atoms with Gasteiger partial charge in [-0.25, -0.2) is 0 Å². The van der Waals surface area contributed by atoms with Crippen LogP contribution in [0, 0.1) is 10.1 Å². The Morgan fingerprint density at radius 1 is 0.892 bits per heavy atom. The van der Waals surface area contributed by atoms with Crippen LogP contribution in [0.4, 0.5) is 11.4 Å². The molecule has 8 nitrogen and oxygen atoms in total. The first-order valence-electron chi connectivity index (χ1n) is 11.7. The molecule has 10 heteroatoms. The maximum Gasteiger partial charge on any atom is 0.357 e. The van der Waals surface area contributed by atoms with Crippen molar-refractivity contribution in [2.24, 2.45) is 0 Å². The van der Waals surface area contributed by atoms with Gasteiger partial charge in [0.05, 0.1) is 27.0 Å². The third kappa shape index (κ3) is 4.77. The average molecular weight is 537 g/mol. The first kappa shape index (κ1) is 24.8. The predicted octanol–water partition coefficient (Wildman–Crippen LogP) is 5.23. The van der Waals surface area contributed by atoms with Crippen LogP contribution in [0.2, 0.25) is 10.0 Å². The third-order valence-electron chi connectivity index (χ3n) is 6.54. The van der Waals surface area contributed by atoms with Gasteiger partial charge in [0.25, 0.3) is 5.91 Å². The molecule has 0 N–H and O–H groups in total. The van der Waals surface area contributed by atoms with Gasteiger partial charge in [0.2, 0.25) is 0 Å². The Morgan fingerprint density at radius 3 is 2.24 bits per heavy atom. The lowest BCUT2D eigenvalue weighted by Gasteiger charge is -2.36. The Morgan fingerprint density at radius 2 is 1.57 bits per heavy atom. The number of benzene rings is 3. The second kappa shape index (κ2) is 10.2. The van der Waals surface area contributed by atoms with Gasteiger partial charge in [-0.3, -0.25) is 24.3 Å². The molecule has 0 saturated carbocycles. The highest BCUT2D eigenvalue weighted by Crippen LogP contribution is 2.34. The van der Waals surface area contributed by atoms with E-state index in [1.807, 2.05) is 41.3 Å². The predicted molar refractivity (Wildman–Crippen MR) is 145 cm³/mol. The molecule has 1 fully saturated rings. The number of pyridine rings is 1. The van der Waals surface area contributed by atoms with Crippen LogP contribution in [0.25, 0.3) is 10.9 Å². The zero-order chi connectivity index (χ0) is 26.1. The molecule has 0 unspecified atom stereocenters. The van der Waals surface area contributed by atoms with Crippen LogP contribution in [0.1, 0.15) is 15.9 Å². The number of nitrogens with zero attached hydrogens (tertiary/aromatic N) is 4. The summed E-state index contributed by atoms with van der Waals surface area (Å²) >= 11 is 12.0. The second-order valence-corrected chi connectivity index (χ2v) is 9.57. The summed E-state index contributed by atoms with van der Waals surface area (Å²) in [5, 5.41) is 13.5. The molecule has 0 aliphatic carbocycles. The number of hydrogen-bond donors (Lipinski definition) is 0. The minimum absolute atomic E-state index is 0.198. The van der Waals surface area contributed by atoms with Crippen LogP contribution in [-0.2, 0) is 6.54 Å². The molecule has 0 spiro atoms. The van der Waals surface area contributed by atoms with Crippen molar-refractivity contribution >= 4 is 51.4 Å². The Balaban J connectivity index is 1.50. The maximum atomic E-state index is 13.5. The monoisotopic (exact) mass is 536 g/mol. The Kier molecular flexibility index (Phi) is 6.86. The highest BCUT2D eigenvalue weighted by atomic mass is 35.5. The zero-order valence-electron chi connectivity index (χ0n) is 19.6. The smallest absolute Gasteiger partial charge is 0.357 e. The Bertz CT molecular complexity index is 1560. The summed E-state index contributed by atoms with van der Waals surface area (Å²) in [6, 6.07) is 21.3. The second-order valence-electron chi connectivity index (χ2n) is 8.76. The molecule has 1 aromatic heterocycles. The highest BCUT2D eigenvalue weighted by molar-refractivity contribution is 6.42. The van der Waals surface area contributed by atoms with Gasteiger partial charge in [-0.2, -0.15) is 0 Å². The number of hydrogen-bond acceptors (Lipinski definition) is 5. The number of rotatable bonds is 5. The van der Waals surface area contributed by atoms with Gasteiger partial charge in [0.15, 0.2) is 0 Å². The minimum Gasteiger partial charge on any atom is -0.362 e. The van der Waals surface area contributed by atoms with Crippen molar-refractivity contribution in [2.45, 2.75) is 6.54 Å². The molecule has 0 radical (unpaired) electrons. The fourth-order valence-electron chi connectivity index (χ4n) is 4.73. The van der Waals surface area contributed by atoms with Crippen molar-refractivity contribution in [3.63, 3.8) is 0 Å². The van der Waals surface area contributed by atoms with Gasteiger partial charge in [0.1, 0.15) is 5.69 Å². The Labute approximate surface area is 222 Å². The normalized spacial score (nSPS) is 13.7. The van der Waals surface area contributed by atoms with Crippen LogP contribution in [0.15, 0.2) is 77.6 Å². The van der Waals surface area contributed by atoms with Gasteiger partial charge < -0.3 is 9.80 Å². The topological polar surface area (TPSA) is 88.7 Å². The molecule has 0 bridgehead atoms. The van der Waals surface area contributed by atoms with E-state index in [0.717, 1.165) is 5.56 Å².